The van der Waals surface area contributed by atoms with E-state index in [1.54, 1.807) is 0 Å². The number of rotatable bonds is 7. The van der Waals surface area contributed by atoms with Crippen LogP contribution in [0.15, 0.2) is 24.3 Å². The number of Topliss-reactive ketones (excluding diaryl/α,β-unsaturated/α-hetero) is 1. The Morgan fingerprint density at radius 3 is 2.35 bits per heavy atom. The Bertz CT molecular complexity index is 669. The van der Waals surface area contributed by atoms with Gasteiger partial charge in [0.15, 0.2) is 12.4 Å². The van der Waals surface area contributed by atoms with Crippen LogP contribution in [0.3, 0.4) is 0 Å². The van der Waals surface area contributed by atoms with Gasteiger partial charge in [0.25, 0.3) is 5.91 Å². The molecule has 0 heterocycles. The van der Waals surface area contributed by atoms with Gasteiger partial charge in [-0.3, -0.25) is 19.7 Å². The van der Waals surface area contributed by atoms with Crippen LogP contribution in [0.2, 0.25) is 0 Å². The van der Waals surface area contributed by atoms with Crippen LogP contribution in [0, 0.1) is 5.82 Å². The molecule has 1 aromatic carbocycles. The van der Waals surface area contributed by atoms with Crippen molar-refractivity contribution in [1.82, 2.24) is 10.6 Å². The van der Waals surface area contributed by atoms with Crippen LogP contribution in [0.4, 0.5) is 9.18 Å². The van der Waals surface area contributed by atoms with E-state index in [0.29, 0.717) is 5.56 Å². The molecule has 2 N–H and O–H groups in total. The second-order valence-corrected chi connectivity index (χ2v) is 6.09. The predicted molar refractivity (Wildman–Crippen MR) is 89.9 cm³/mol. The van der Waals surface area contributed by atoms with Crippen LogP contribution in [0.25, 0.3) is 0 Å². The van der Waals surface area contributed by atoms with Crippen molar-refractivity contribution in [3.63, 3.8) is 0 Å². The highest BCUT2D eigenvalue weighted by Crippen LogP contribution is 2.17. The van der Waals surface area contributed by atoms with Gasteiger partial charge in [-0.25, -0.2) is 9.18 Å². The Morgan fingerprint density at radius 2 is 1.69 bits per heavy atom. The topological polar surface area (TPSA) is 102 Å². The fraction of sp³-hybridized carbons (Fsp3) is 0.444. The van der Waals surface area contributed by atoms with Gasteiger partial charge in [0.2, 0.25) is 0 Å². The number of ether oxygens (including phenoxy) is 1. The zero-order valence-electron chi connectivity index (χ0n) is 14.3. The molecule has 0 unspecified atom stereocenters. The average molecular weight is 364 g/mol. The molecule has 0 aliphatic heterocycles. The van der Waals surface area contributed by atoms with Gasteiger partial charge in [-0.2, -0.15) is 0 Å². The van der Waals surface area contributed by atoms with Gasteiger partial charge < -0.3 is 10.1 Å². The summed E-state index contributed by atoms with van der Waals surface area (Å²) < 4.78 is 17.5. The van der Waals surface area contributed by atoms with Crippen molar-refractivity contribution in [1.29, 1.82) is 0 Å². The molecular formula is C18H21FN2O5. The lowest BCUT2D eigenvalue weighted by molar-refractivity contribution is -0.148. The third-order valence-electron chi connectivity index (χ3n) is 4.03. The zero-order chi connectivity index (χ0) is 18.9. The lowest BCUT2D eigenvalue weighted by Crippen LogP contribution is -2.45. The Kier molecular flexibility index (Phi) is 7.25. The molecule has 0 saturated heterocycles. The summed E-state index contributed by atoms with van der Waals surface area (Å²) in [6.45, 7) is -0.596. The molecule has 140 valence electrons. The Balaban J connectivity index is 1.62. The van der Waals surface area contributed by atoms with Crippen molar-refractivity contribution in [3.8, 4) is 0 Å². The number of carbonyl (C=O) groups is 4. The molecule has 8 heteroatoms. The minimum Gasteiger partial charge on any atom is -0.456 e. The molecule has 1 aromatic rings. The molecule has 1 aliphatic rings. The SMILES string of the molecule is O=C(COC(=O)CCC(=O)c1ccc(F)cc1)NC(=O)NC1CCCC1. The van der Waals surface area contributed by atoms with Gasteiger partial charge in [0.1, 0.15) is 5.82 Å². The van der Waals surface area contributed by atoms with E-state index in [4.69, 9.17) is 4.74 Å². The van der Waals surface area contributed by atoms with Crippen LogP contribution < -0.4 is 10.6 Å². The molecule has 1 fully saturated rings. The van der Waals surface area contributed by atoms with Crippen molar-refractivity contribution < 1.29 is 28.3 Å². The summed E-state index contributed by atoms with van der Waals surface area (Å²) in [7, 11) is 0. The molecule has 0 bridgehead atoms. The highest BCUT2D eigenvalue weighted by atomic mass is 19.1. The summed E-state index contributed by atoms with van der Waals surface area (Å²) in [6, 6.07) is 4.45. The quantitative estimate of drug-likeness (QED) is 0.570. The third kappa shape index (κ3) is 6.62. The molecule has 0 radical (unpaired) electrons. The fourth-order valence-electron chi connectivity index (χ4n) is 2.67. The number of halogens is 1. The lowest BCUT2D eigenvalue weighted by Gasteiger charge is -2.12. The van der Waals surface area contributed by atoms with E-state index in [0.717, 1.165) is 37.8 Å². The molecule has 7 nitrogen and oxygen atoms in total. The number of imide groups is 1. The van der Waals surface area contributed by atoms with E-state index in [2.05, 4.69) is 10.6 Å². The first-order valence-corrected chi connectivity index (χ1v) is 8.49. The summed E-state index contributed by atoms with van der Waals surface area (Å²) in [4.78, 5) is 46.6. The van der Waals surface area contributed by atoms with E-state index < -0.39 is 30.3 Å². The minimum absolute atomic E-state index is 0.0721. The van der Waals surface area contributed by atoms with E-state index in [9.17, 15) is 23.6 Å². The number of nitrogens with one attached hydrogen (secondary N) is 2. The highest BCUT2D eigenvalue weighted by molar-refractivity contribution is 5.98. The Morgan fingerprint density at radius 1 is 1.04 bits per heavy atom. The molecule has 1 aliphatic carbocycles. The Hall–Kier alpha value is -2.77. The van der Waals surface area contributed by atoms with Crippen molar-refractivity contribution in [2.75, 3.05) is 6.61 Å². The van der Waals surface area contributed by atoms with Gasteiger partial charge >= 0.3 is 12.0 Å². The smallest absolute Gasteiger partial charge is 0.321 e. The fourth-order valence-corrected chi connectivity index (χ4v) is 2.67. The average Bonchev–Trinajstić information content (AvgIpc) is 3.11. The molecular weight excluding hydrogens is 343 g/mol. The van der Waals surface area contributed by atoms with Gasteiger partial charge in [0.05, 0.1) is 6.42 Å². The van der Waals surface area contributed by atoms with Crippen LogP contribution in [-0.2, 0) is 14.3 Å². The summed E-state index contributed by atoms with van der Waals surface area (Å²) in [5.74, 6) is -2.25. The first-order chi connectivity index (χ1) is 12.4. The molecule has 1 saturated carbocycles. The van der Waals surface area contributed by atoms with Gasteiger partial charge in [-0.05, 0) is 37.1 Å². The van der Waals surface area contributed by atoms with Gasteiger partial charge in [0, 0.05) is 18.0 Å². The van der Waals surface area contributed by atoms with Crippen molar-refractivity contribution >= 4 is 23.7 Å². The van der Waals surface area contributed by atoms with Crippen LogP contribution in [0.1, 0.15) is 48.9 Å². The van der Waals surface area contributed by atoms with Crippen molar-refractivity contribution in [2.24, 2.45) is 0 Å². The van der Waals surface area contributed by atoms with E-state index in [-0.39, 0.29) is 24.7 Å². The van der Waals surface area contributed by atoms with E-state index in [1.807, 2.05) is 0 Å². The first-order valence-electron chi connectivity index (χ1n) is 8.49. The first kappa shape index (κ1) is 19.6. The number of benzene rings is 1. The van der Waals surface area contributed by atoms with Gasteiger partial charge in [-0.1, -0.05) is 12.8 Å². The number of ketones is 1. The monoisotopic (exact) mass is 364 g/mol. The van der Waals surface area contributed by atoms with Crippen LogP contribution in [-0.4, -0.2) is 36.3 Å². The second-order valence-electron chi connectivity index (χ2n) is 6.09. The lowest BCUT2D eigenvalue weighted by atomic mass is 10.1. The maximum Gasteiger partial charge on any atom is 0.321 e. The van der Waals surface area contributed by atoms with Crippen LogP contribution in [0.5, 0.6) is 0 Å². The number of hydrogen-bond donors (Lipinski definition) is 2. The molecule has 0 aromatic heterocycles. The molecule has 0 spiro atoms. The number of carbonyl (C=O) groups excluding carboxylic acids is 4. The van der Waals surface area contributed by atoms with Gasteiger partial charge in [-0.15, -0.1) is 0 Å². The predicted octanol–water partition coefficient (Wildman–Crippen LogP) is 2.10. The normalized spacial score (nSPS) is 13.9. The summed E-state index contributed by atoms with van der Waals surface area (Å²) in [5, 5.41) is 4.77. The van der Waals surface area contributed by atoms with E-state index >= 15 is 0 Å². The molecule has 3 amide bonds. The van der Waals surface area contributed by atoms with Crippen LogP contribution >= 0.6 is 0 Å². The molecule has 26 heavy (non-hydrogen) atoms. The number of esters is 1. The number of urea groups is 1. The minimum atomic E-state index is -0.737. The standard InChI is InChI=1S/C18H21FN2O5/c19-13-7-5-12(6-8-13)15(22)9-10-17(24)26-11-16(23)21-18(25)20-14-3-1-2-4-14/h5-8,14H,1-4,9-11H2,(H2,20,21,23,25). The molecule has 2 rings (SSSR count). The third-order valence-corrected chi connectivity index (χ3v) is 4.03. The number of amides is 3. The molecule has 0 atom stereocenters. The zero-order valence-corrected chi connectivity index (χ0v) is 14.3. The van der Waals surface area contributed by atoms with E-state index in [1.165, 1.54) is 12.1 Å². The van der Waals surface area contributed by atoms with Crippen molar-refractivity contribution in [2.45, 2.75) is 44.6 Å². The summed E-state index contributed by atoms with van der Waals surface area (Å²) in [5.41, 5.74) is 0.292. The largest absolute Gasteiger partial charge is 0.456 e. The number of hydrogen-bond acceptors (Lipinski definition) is 5. The van der Waals surface area contributed by atoms with Crippen molar-refractivity contribution in [3.05, 3.63) is 35.6 Å². The maximum atomic E-state index is 12.8. The Labute approximate surface area is 150 Å². The summed E-state index contributed by atoms with van der Waals surface area (Å²) in [6.07, 6.45) is 3.55. The maximum absolute atomic E-state index is 12.8. The highest BCUT2D eigenvalue weighted by Gasteiger charge is 2.18. The second kappa shape index (κ2) is 9.65. The summed E-state index contributed by atoms with van der Waals surface area (Å²) >= 11 is 0.